The first-order valence-electron chi connectivity index (χ1n) is 9.06. The number of hydrogen-bond acceptors (Lipinski definition) is 5. The maximum atomic E-state index is 13.1. The molecule has 0 N–H and O–H groups in total. The number of rotatable bonds is 5. The Morgan fingerprint density at radius 2 is 2.15 bits per heavy atom. The topological polar surface area (TPSA) is 60.9 Å². The zero-order valence-corrected chi connectivity index (χ0v) is 16.0. The molecule has 0 spiro atoms. The molecule has 0 saturated carbocycles. The number of thioether (sulfide) groups is 1. The second kappa shape index (κ2) is 7.56. The first-order valence-corrected chi connectivity index (χ1v) is 9.94. The summed E-state index contributed by atoms with van der Waals surface area (Å²) >= 11 is 1.50. The van der Waals surface area contributed by atoms with Crippen LogP contribution in [-0.4, -0.2) is 25.8 Å². The summed E-state index contributed by atoms with van der Waals surface area (Å²) in [6.07, 6.45) is 6.23. The molecular weight excluding hydrogens is 358 g/mol. The fourth-order valence-electron chi connectivity index (χ4n) is 3.49. The third kappa shape index (κ3) is 3.37. The minimum atomic E-state index is -0.153. The highest BCUT2D eigenvalue weighted by Crippen LogP contribution is 2.34. The summed E-state index contributed by atoms with van der Waals surface area (Å²) < 4.78 is 7.42. The number of ketones is 1. The molecule has 27 heavy (non-hydrogen) atoms. The number of benzene rings is 1. The molecule has 0 saturated heterocycles. The number of aromatic nitrogens is 3. The van der Waals surface area contributed by atoms with Gasteiger partial charge in [-0.25, -0.2) is 0 Å². The molecule has 1 unspecified atom stereocenters. The summed E-state index contributed by atoms with van der Waals surface area (Å²) in [6, 6.07) is 9.82. The SMILES string of the molecule is C=CCn1c(SC2CCCc3ccccc3C2=O)nnc1-c1ccoc1C. The Morgan fingerprint density at radius 1 is 1.30 bits per heavy atom. The molecule has 6 heteroatoms. The van der Waals surface area contributed by atoms with Crippen molar-refractivity contribution in [1.29, 1.82) is 0 Å². The van der Waals surface area contributed by atoms with Crippen LogP contribution in [0.3, 0.4) is 0 Å². The van der Waals surface area contributed by atoms with E-state index >= 15 is 0 Å². The van der Waals surface area contributed by atoms with E-state index in [4.69, 9.17) is 4.42 Å². The quantitative estimate of drug-likeness (QED) is 0.474. The second-order valence-electron chi connectivity index (χ2n) is 6.62. The van der Waals surface area contributed by atoms with Gasteiger partial charge in [0.1, 0.15) is 5.76 Å². The van der Waals surface area contributed by atoms with Crippen LogP contribution in [0.2, 0.25) is 0 Å². The Hall–Kier alpha value is -2.60. The molecule has 0 bridgehead atoms. The average molecular weight is 379 g/mol. The number of furan rings is 1. The molecule has 2 heterocycles. The van der Waals surface area contributed by atoms with Gasteiger partial charge in [0.2, 0.25) is 0 Å². The summed E-state index contributed by atoms with van der Waals surface area (Å²) in [5, 5.41) is 9.34. The maximum absolute atomic E-state index is 13.1. The van der Waals surface area contributed by atoms with Crippen molar-refractivity contribution in [1.82, 2.24) is 14.8 Å². The first kappa shape index (κ1) is 17.8. The smallest absolute Gasteiger partial charge is 0.192 e. The normalized spacial score (nSPS) is 16.8. The standard InChI is InChI=1S/C21H21N3O2S/c1-3-12-24-20(16-11-13-26-14(16)2)22-23-21(24)27-18-10-6-8-15-7-4-5-9-17(15)19(18)25/h3-5,7,9,11,13,18H,1,6,8,10,12H2,2H3. The average Bonchev–Trinajstić information content (AvgIpc) is 3.22. The predicted octanol–water partition coefficient (Wildman–Crippen LogP) is 4.71. The lowest BCUT2D eigenvalue weighted by Gasteiger charge is -2.14. The van der Waals surface area contributed by atoms with E-state index in [1.807, 2.05) is 41.8 Å². The van der Waals surface area contributed by atoms with E-state index in [1.54, 1.807) is 6.26 Å². The van der Waals surface area contributed by atoms with E-state index < -0.39 is 0 Å². The van der Waals surface area contributed by atoms with E-state index in [1.165, 1.54) is 11.8 Å². The van der Waals surface area contributed by atoms with Crippen LogP contribution < -0.4 is 0 Å². The van der Waals surface area contributed by atoms with Gasteiger partial charge >= 0.3 is 0 Å². The Labute approximate surface area is 162 Å². The second-order valence-corrected chi connectivity index (χ2v) is 7.79. The Bertz CT molecular complexity index is 989. The van der Waals surface area contributed by atoms with Crippen LogP contribution in [0.15, 0.2) is 58.8 Å². The molecule has 0 radical (unpaired) electrons. The highest BCUT2D eigenvalue weighted by Gasteiger charge is 2.28. The van der Waals surface area contributed by atoms with Crippen LogP contribution in [0.25, 0.3) is 11.4 Å². The number of carbonyl (C=O) groups excluding carboxylic acids is 1. The summed E-state index contributed by atoms with van der Waals surface area (Å²) in [4.78, 5) is 13.1. The van der Waals surface area contributed by atoms with Crippen molar-refractivity contribution in [3.8, 4) is 11.4 Å². The summed E-state index contributed by atoms with van der Waals surface area (Å²) in [6.45, 7) is 6.33. The van der Waals surface area contributed by atoms with Crippen LogP contribution in [0.4, 0.5) is 0 Å². The van der Waals surface area contributed by atoms with Crippen molar-refractivity contribution in [3.63, 3.8) is 0 Å². The van der Waals surface area contributed by atoms with Crippen LogP contribution in [0, 0.1) is 6.92 Å². The van der Waals surface area contributed by atoms with E-state index in [0.29, 0.717) is 6.54 Å². The molecule has 2 aromatic heterocycles. The summed E-state index contributed by atoms with van der Waals surface area (Å²) in [5.74, 6) is 1.72. The van der Waals surface area contributed by atoms with Crippen LogP contribution >= 0.6 is 11.8 Å². The minimum absolute atomic E-state index is 0.153. The maximum Gasteiger partial charge on any atom is 0.192 e. The summed E-state index contributed by atoms with van der Waals surface area (Å²) in [7, 11) is 0. The zero-order chi connectivity index (χ0) is 18.8. The first-order chi connectivity index (χ1) is 13.2. The van der Waals surface area contributed by atoms with Gasteiger partial charge in [0.25, 0.3) is 0 Å². The number of fused-ring (bicyclic) bond motifs is 1. The monoisotopic (exact) mass is 379 g/mol. The zero-order valence-electron chi connectivity index (χ0n) is 15.2. The van der Waals surface area contributed by atoms with Crippen molar-refractivity contribution >= 4 is 17.5 Å². The fraction of sp³-hybridized carbons (Fsp3) is 0.286. The minimum Gasteiger partial charge on any atom is -0.469 e. The summed E-state index contributed by atoms with van der Waals surface area (Å²) in [5.41, 5.74) is 2.90. The fourth-order valence-corrected chi connectivity index (χ4v) is 4.64. The van der Waals surface area contributed by atoms with Crippen molar-refractivity contribution < 1.29 is 9.21 Å². The van der Waals surface area contributed by atoms with Gasteiger partial charge in [-0.2, -0.15) is 0 Å². The number of Topliss-reactive ketones (excluding diaryl/α,β-unsaturated/α-hetero) is 1. The Morgan fingerprint density at radius 3 is 2.93 bits per heavy atom. The molecule has 1 aromatic carbocycles. The largest absolute Gasteiger partial charge is 0.469 e. The lowest BCUT2D eigenvalue weighted by molar-refractivity contribution is 0.0988. The van der Waals surface area contributed by atoms with E-state index in [-0.39, 0.29) is 11.0 Å². The van der Waals surface area contributed by atoms with E-state index in [9.17, 15) is 4.79 Å². The molecule has 0 amide bonds. The van der Waals surface area contributed by atoms with Gasteiger partial charge in [0, 0.05) is 12.1 Å². The predicted molar refractivity (Wildman–Crippen MR) is 106 cm³/mol. The van der Waals surface area contributed by atoms with Gasteiger partial charge in [-0.3, -0.25) is 9.36 Å². The molecule has 1 atom stereocenters. The molecule has 138 valence electrons. The van der Waals surface area contributed by atoms with Gasteiger partial charge < -0.3 is 4.42 Å². The molecule has 0 aliphatic heterocycles. The van der Waals surface area contributed by atoms with Crippen molar-refractivity contribution in [3.05, 3.63) is 66.1 Å². The lowest BCUT2D eigenvalue weighted by Crippen LogP contribution is -2.17. The Balaban J connectivity index is 1.67. The third-order valence-electron chi connectivity index (χ3n) is 4.86. The lowest BCUT2D eigenvalue weighted by atomic mass is 10.0. The highest BCUT2D eigenvalue weighted by molar-refractivity contribution is 8.00. The van der Waals surface area contributed by atoms with Crippen molar-refractivity contribution in [2.45, 2.75) is 43.1 Å². The van der Waals surface area contributed by atoms with Gasteiger partial charge in [-0.15, -0.1) is 16.8 Å². The molecule has 1 aliphatic rings. The van der Waals surface area contributed by atoms with Crippen LogP contribution in [-0.2, 0) is 13.0 Å². The van der Waals surface area contributed by atoms with Crippen molar-refractivity contribution in [2.24, 2.45) is 0 Å². The van der Waals surface area contributed by atoms with Crippen molar-refractivity contribution in [2.75, 3.05) is 0 Å². The van der Waals surface area contributed by atoms with E-state index in [2.05, 4.69) is 22.8 Å². The molecule has 4 rings (SSSR count). The molecular formula is C21H21N3O2S. The highest BCUT2D eigenvalue weighted by atomic mass is 32.2. The van der Waals surface area contributed by atoms with Gasteiger partial charge in [-0.05, 0) is 37.8 Å². The number of allylic oxidation sites excluding steroid dienone is 1. The van der Waals surface area contributed by atoms with Gasteiger partial charge in [0.15, 0.2) is 16.8 Å². The van der Waals surface area contributed by atoms with E-state index in [0.717, 1.165) is 52.7 Å². The number of carbonyl (C=O) groups is 1. The van der Waals surface area contributed by atoms with Gasteiger partial charge in [0.05, 0.1) is 17.1 Å². The van der Waals surface area contributed by atoms with Crippen LogP contribution in [0.5, 0.6) is 0 Å². The number of aryl methyl sites for hydroxylation is 2. The molecule has 0 fully saturated rings. The van der Waals surface area contributed by atoms with Gasteiger partial charge in [-0.1, -0.05) is 42.1 Å². The Kier molecular flexibility index (Phi) is 4.99. The molecule has 1 aliphatic carbocycles. The molecule has 3 aromatic rings. The molecule has 5 nitrogen and oxygen atoms in total. The number of hydrogen-bond donors (Lipinski definition) is 0. The number of nitrogens with zero attached hydrogens (tertiary/aromatic N) is 3. The third-order valence-corrected chi connectivity index (χ3v) is 6.11. The van der Waals surface area contributed by atoms with Crippen LogP contribution in [0.1, 0.15) is 34.5 Å².